The molecule has 96 valence electrons. The molecule has 0 amide bonds. The van der Waals surface area contributed by atoms with Crippen molar-refractivity contribution < 1.29 is 0 Å². The van der Waals surface area contributed by atoms with Gasteiger partial charge in [0, 0.05) is 26.2 Å². The molecule has 1 aromatic carbocycles. The molecule has 0 spiro atoms. The lowest BCUT2D eigenvalue weighted by molar-refractivity contribution is 0.683. The average Bonchev–Trinajstić information content (AvgIpc) is 2.72. The first-order valence-corrected chi connectivity index (χ1v) is 6.00. The van der Waals surface area contributed by atoms with Crippen molar-refractivity contribution in [1.82, 2.24) is 15.0 Å². The summed E-state index contributed by atoms with van der Waals surface area (Å²) in [6, 6.07) is 5.79. The third-order valence-electron chi connectivity index (χ3n) is 2.71. The van der Waals surface area contributed by atoms with E-state index in [1.807, 2.05) is 44.2 Å². The van der Waals surface area contributed by atoms with Crippen molar-refractivity contribution in [3.05, 3.63) is 35.1 Å². The van der Waals surface area contributed by atoms with Gasteiger partial charge in [0.25, 0.3) is 0 Å². The molecule has 0 bridgehead atoms. The summed E-state index contributed by atoms with van der Waals surface area (Å²) in [5, 5.41) is 11.8. The lowest BCUT2D eigenvalue weighted by atomic mass is 10.2. The van der Waals surface area contributed by atoms with Gasteiger partial charge in [0.15, 0.2) is 0 Å². The van der Waals surface area contributed by atoms with E-state index in [2.05, 4.69) is 15.6 Å². The lowest BCUT2D eigenvalue weighted by Gasteiger charge is -2.18. The number of aryl methyl sites for hydroxylation is 1. The van der Waals surface area contributed by atoms with Gasteiger partial charge in [0.05, 0.1) is 29.8 Å². The van der Waals surface area contributed by atoms with Crippen molar-refractivity contribution in [3.63, 3.8) is 0 Å². The number of nitrogens with one attached hydrogen (secondary N) is 1. The van der Waals surface area contributed by atoms with E-state index >= 15 is 0 Å². The number of hydrogen-bond donors (Lipinski definition) is 1. The maximum absolute atomic E-state index is 6.02. The molecule has 1 aromatic heterocycles. The second-order valence-electron chi connectivity index (χ2n) is 4.26. The topological polar surface area (TPSA) is 46.0 Å². The fourth-order valence-corrected chi connectivity index (χ4v) is 1.87. The first-order valence-electron chi connectivity index (χ1n) is 5.62. The highest BCUT2D eigenvalue weighted by Crippen LogP contribution is 2.28. The van der Waals surface area contributed by atoms with Crippen LogP contribution in [0.5, 0.6) is 0 Å². The van der Waals surface area contributed by atoms with E-state index in [0.717, 1.165) is 17.1 Å². The van der Waals surface area contributed by atoms with Gasteiger partial charge in [-0.15, -0.1) is 5.10 Å². The van der Waals surface area contributed by atoms with E-state index in [0.29, 0.717) is 11.6 Å². The minimum Gasteiger partial charge on any atom is -0.378 e. The van der Waals surface area contributed by atoms with Crippen LogP contribution in [-0.4, -0.2) is 29.1 Å². The molecule has 0 radical (unpaired) electrons. The van der Waals surface area contributed by atoms with Crippen LogP contribution in [0, 0.1) is 0 Å². The Balaban J connectivity index is 2.18. The maximum atomic E-state index is 6.02. The Morgan fingerprint density at radius 3 is 2.78 bits per heavy atom. The minimum absolute atomic E-state index is 0.657. The summed E-state index contributed by atoms with van der Waals surface area (Å²) in [6.45, 7) is 0.657. The summed E-state index contributed by atoms with van der Waals surface area (Å²) in [7, 11) is 5.87. The van der Waals surface area contributed by atoms with Gasteiger partial charge in [-0.25, -0.2) is 0 Å². The van der Waals surface area contributed by atoms with Gasteiger partial charge in [-0.2, -0.15) is 0 Å². The van der Waals surface area contributed by atoms with Crippen molar-refractivity contribution in [1.29, 1.82) is 0 Å². The number of aromatic nitrogens is 3. The van der Waals surface area contributed by atoms with Crippen LogP contribution in [0.4, 0.5) is 11.4 Å². The Labute approximate surface area is 111 Å². The van der Waals surface area contributed by atoms with Gasteiger partial charge in [-0.05, 0) is 18.2 Å². The molecule has 2 rings (SSSR count). The third-order valence-corrected chi connectivity index (χ3v) is 2.94. The van der Waals surface area contributed by atoms with E-state index in [4.69, 9.17) is 11.6 Å². The molecule has 1 N–H and O–H groups in total. The number of rotatable bonds is 4. The molecular weight excluding hydrogens is 250 g/mol. The summed E-state index contributed by atoms with van der Waals surface area (Å²) in [5.74, 6) is 0. The van der Waals surface area contributed by atoms with Crippen LogP contribution < -0.4 is 10.2 Å². The Morgan fingerprint density at radius 2 is 2.17 bits per heavy atom. The van der Waals surface area contributed by atoms with Gasteiger partial charge in [-0.1, -0.05) is 16.8 Å². The standard InChI is InChI=1S/C12H16ClN5/c1-17(2)12-5-4-9(13)6-11(12)14-7-10-8-15-16-18(10)3/h4-6,8,14H,7H2,1-3H3. The van der Waals surface area contributed by atoms with Crippen molar-refractivity contribution in [2.75, 3.05) is 24.3 Å². The molecule has 0 unspecified atom stereocenters. The van der Waals surface area contributed by atoms with Crippen LogP contribution in [0.1, 0.15) is 5.69 Å². The van der Waals surface area contributed by atoms with Crippen LogP contribution in [0.15, 0.2) is 24.4 Å². The fourth-order valence-electron chi connectivity index (χ4n) is 1.70. The van der Waals surface area contributed by atoms with E-state index < -0.39 is 0 Å². The molecule has 18 heavy (non-hydrogen) atoms. The first-order chi connectivity index (χ1) is 8.58. The smallest absolute Gasteiger partial charge is 0.0774 e. The molecule has 1 heterocycles. The molecule has 0 fully saturated rings. The fraction of sp³-hybridized carbons (Fsp3) is 0.333. The molecule has 5 nitrogen and oxygen atoms in total. The molecule has 2 aromatic rings. The molecule has 0 atom stereocenters. The summed E-state index contributed by atoms with van der Waals surface area (Å²) in [5.41, 5.74) is 3.10. The quantitative estimate of drug-likeness (QED) is 0.920. The Morgan fingerprint density at radius 1 is 1.39 bits per heavy atom. The van der Waals surface area contributed by atoms with Crippen LogP contribution in [-0.2, 0) is 13.6 Å². The number of benzene rings is 1. The zero-order valence-electron chi connectivity index (χ0n) is 10.7. The van der Waals surface area contributed by atoms with Gasteiger partial charge in [0.1, 0.15) is 0 Å². The second kappa shape index (κ2) is 5.27. The number of hydrogen-bond acceptors (Lipinski definition) is 4. The van der Waals surface area contributed by atoms with Crippen LogP contribution >= 0.6 is 11.6 Å². The zero-order valence-corrected chi connectivity index (χ0v) is 11.4. The van der Waals surface area contributed by atoms with Gasteiger partial charge in [0.2, 0.25) is 0 Å². The summed E-state index contributed by atoms with van der Waals surface area (Å²) >= 11 is 6.02. The normalized spacial score (nSPS) is 10.4. The van der Waals surface area contributed by atoms with Gasteiger partial charge in [-0.3, -0.25) is 4.68 Å². The van der Waals surface area contributed by atoms with E-state index in [1.165, 1.54) is 0 Å². The number of nitrogens with zero attached hydrogens (tertiary/aromatic N) is 4. The summed E-state index contributed by atoms with van der Waals surface area (Å²) < 4.78 is 1.74. The molecule has 0 saturated heterocycles. The van der Waals surface area contributed by atoms with Crippen LogP contribution in [0.3, 0.4) is 0 Å². The van der Waals surface area contributed by atoms with Crippen molar-refractivity contribution in [2.24, 2.45) is 7.05 Å². The Kier molecular flexibility index (Phi) is 3.72. The minimum atomic E-state index is 0.657. The summed E-state index contributed by atoms with van der Waals surface area (Å²) in [6.07, 6.45) is 1.74. The largest absolute Gasteiger partial charge is 0.378 e. The van der Waals surface area contributed by atoms with E-state index in [1.54, 1.807) is 10.9 Å². The molecule has 0 aliphatic rings. The van der Waals surface area contributed by atoms with Crippen molar-refractivity contribution >= 4 is 23.0 Å². The molecule has 6 heteroatoms. The molecule has 0 saturated carbocycles. The zero-order chi connectivity index (χ0) is 13.1. The van der Waals surface area contributed by atoms with E-state index in [-0.39, 0.29) is 0 Å². The predicted octanol–water partition coefficient (Wildman–Crippen LogP) is 2.15. The highest BCUT2D eigenvalue weighted by molar-refractivity contribution is 6.31. The number of halogens is 1. The maximum Gasteiger partial charge on any atom is 0.0774 e. The Bertz CT molecular complexity index is 535. The number of anilines is 2. The lowest BCUT2D eigenvalue weighted by Crippen LogP contribution is -2.13. The van der Waals surface area contributed by atoms with Crippen molar-refractivity contribution in [3.8, 4) is 0 Å². The summed E-state index contributed by atoms with van der Waals surface area (Å²) in [4.78, 5) is 2.04. The SMILES string of the molecule is CN(C)c1ccc(Cl)cc1NCc1cnnn1C. The first kappa shape index (κ1) is 12.7. The Hall–Kier alpha value is -1.75. The molecule has 0 aliphatic carbocycles. The predicted molar refractivity (Wildman–Crippen MR) is 74.1 cm³/mol. The van der Waals surface area contributed by atoms with Crippen molar-refractivity contribution in [2.45, 2.75) is 6.54 Å². The highest BCUT2D eigenvalue weighted by atomic mass is 35.5. The highest BCUT2D eigenvalue weighted by Gasteiger charge is 2.06. The van der Waals surface area contributed by atoms with Gasteiger partial charge >= 0.3 is 0 Å². The van der Waals surface area contributed by atoms with Gasteiger partial charge < -0.3 is 10.2 Å². The monoisotopic (exact) mass is 265 g/mol. The third kappa shape index (κ3) is 2.73. The van der Waals surface area contributed by atoms with Crippen LogP contribution in [0.2, 0.25) is 5.02 Å². The van der Waals surface area contributed by atoms with E-state index in [9.17, 15) is 0 Å². The van der Waals surface area contributed by atoms with Crippen LogP contribution in [0.25, 0.3) is 0 Å². The second-order valence-corrected chi connectivity index (χ2v) is 4.69. The average molecular weight is 266 g/mol. The molecule has 0 aliphatic heterocycles. The molecular formula is C12H16ClN5.